The molecule has 1 N–H and O–H groups in total. The van der Waals surface area contributed by atoms with Crippen molar-refractivity contribution >= 4 is 23.0 Å². The van der Waals surface area contributed by atoms with Crippen molar-refractivity contribution in [1.29, 1.82) is 0 Å². The van der Waals surface area contributed by atoms with Gasteiger partial charge in [-0.1, -0.05) is 11.6 Å². The summed E-state index contributed by atoms with van der Waals surface area (Å²) in [5.74, 6) is 0. The van der Waals surface area contributed by atoms with Crippen LogP contribution >= 0.6 is 11.6 Å². The van der Waals surface area contributed by atoms with Crippen molar-refractivity contribution in [2.45, 2.75) is 19.4 Å². The summed E-state index contributed by atoms with van der Waals surface area (Å²) >= 11 is 5.91. The van der Waals surface area contributed by atoms with Gasteiger partial charge >= 0.3 is 5.69 Å². The normalized spacial score (nSPS) is 12.2. The molecule has 1 unspecified atom stereocenters. The van der Waals surface area contributed by atoms with Gasteiger partial charge in [-0.05, 0) is 13.3 Å². The molecule has 0 saturated carbocycles. The molecular formula is C10H14ClN3O3. The first kappa shape index (κ1) is 13.7. The van der Waals surface area contributed by atoms with Gasteiger partial charge in [0.15, 0.2) is 0 Å². The highest BCUT2D eigenvalue weighted by Crippen LogP contribution is 2.33. The quantitative estimate of drug-likeness (QED) is 0.645. The van der Waals surface area contributed by atoms with E-state index >= 15 is 0 Å². The van der Waals surface area contributed by atoms with Crippen LogP contribution in [-0.4, -0.2) is 34.7 Å². The van der Waals surface area contributed by atoms with Gasteiger partial charge in [-0.2, -0.15) is 0 Å². The lowest BCUT2D eigenvalue weighted by Crippen LogP contribution is -2.23. The number of pyridine rings is 1. The van der Waals surface area contributed by atoms with Gasteiger partial charge < -0.3 is 10.0 Å². The van der Waals surface area contributed by atoms with E-state index in [0.717, 1.165) is 0 Å². The van der Waals surface area contributed by atoms with Crippen LogP contribution in [0.1, 0.15) is 13.3 Å². The largest absolute Gasteiger partial charge is 0.393 e. The molecule has 1 aromatic rings. The van der Waals surface area contributed by atoms with Crippen LogP contribution in [-0.2, 0) is 0 Å². The molecule has 1 atom stereocenters. The Morgan fingerprint density at radius 1 is 1.65 bits per heavy atom. The minimum Gasteiger partial charge on any atom is -0.393 e. The third-order valence-corrected chi connectivity index (χ3v) is 2.59. The number of halogens is 1. The second kappa shape index (κ2) is 5.79. The molecule has 0 aliphatic rings. The molecular weight excluding hydrogens is 246 g/mol. The molecule has 1 aromatic heterocycles. The van der Waals surface area contributed by atoms with Gasteiger partial charge in [-0.25, -0.2) is 0 Å². The van der Waals surface area contributed by atoms with Crippen molar-refractivity contribution in [3.05, 3.63) is 27.5 Å². The van der Waals surface area contributed by atoms with Crippen molar-refractivity contribution in [2.24, 2.45) is 0 Å². The van der Waals surface area contributed by atoms with Crippen LogP contribution in [0.5, 0.6) is 0 Å². The molecule has 0 aliphatic heterocycles. The zero-order chi connectivity index (χ0) is 13.0. The van der Waals surface area contributed by atoms with Gasteiger partial charge in [0.25, 0.3) is 0 Å². The zero-order valence-electron chi connectivity index (χ0n) is 9.63. The van der Waals surface area contributed by atoms with Gasteiger partial charge in [0.2, 0.25) is 0 Å². The minimum atomic E-state index is -0.521. The van der Waals surface area contributed by atoms with Gasteiger partial charge in [-0.15, -0.1) is 0 Å². The van der Waals surface area contributed by atoms with E-state index in [9.17, 15) is 15.2 Å². The molecule has 0 radical (unpaired) electrons. The Balaban J connectivity index is 2.98. The van der Waals surface area contributed by atoms with E-state index in [1.165, 1.54) is 12.4 Å². The standard InChI is InChI=1S/C10H14ClN3O3/c1-7(15)3-4-13(2)10-8(11)5-12-6-9(10)14(16)17/h5-7,15H,3-4H2,1-2H3. The van der Waals surface area contributed by atoms with Gasteiger partial charge in [-0.3, -0.25) is 15.1 Å². The maximum atomic E-state index is 10.8. The van der Waals surface area contributed by atoms with Crippen LogP contribution in [0.4, 0.5) is 11.4 Å². The van der Waals surface area contributed by atoms with Crippen LogP contribution in [0.2, 0.25) is 5.02 Å². The second-order valence-corrected chi connectivity index (χ2v) is 4.21. The molecule has 0 saturated heterocycles. The Kier molecular flexibility index (Phi) is 4.65. The Labute approximate surface area is 104 Å². The fraction of sp³-hybridized carbons (Fsp3) is 0.500. The van der Waals surface area contributed by atoms with E-state index in [2.05, 4.69) is 4.98 Å². The first-order valence-corrected chi connectivity index (χ1v) is 5.48. The van der Waals surface area contributed by atoms with Crippen molar-refractivity contribution < 1.29 is 10.0 Å². The van der Waals surface area contributed by atoms with Crippen LogP contribution in [0.25, 0.3) is 0 Å². The number of aliphatic hydroxyl groups excluding tert-OH is 1. The third kappa shape index (κ3) is 3.54. The van der Waals surface area contributed by atoms with E-state index in [1.54, 1.807) is 18.9 Å². The van der Waals surface area contributed by atoms with E-state index in [-0.39, 0.29) is 10.7 Å². The monoisotopic (exact) mass is 259 g/mol. The highest BCUT2D eigenvalue weighted by Gasteiger charge is 2.21. The first-order chi connectivity index (χ1) is 7.93. The van der Waals surface area contributed by atoms with Gasteiger partial charge in [0.1, 0.15) is 11.9 Å². The van der Waals surface area contributed by atoms with Crippen LogP contribution in [0, 0.1) is 10.1 Å². The Hall–Kier alpha value is -1.40. The third-order valence-electron chi connectivity index (χ3n) is 2.31. The number of nitro groups is 1. The Morgan fingerprint density at radius 3 is 2.82 bits per heavy atom. The summed E-state index contributed by atoms with van der Waals surface area (Å²) in [7, 11) is 1.69. The summed E-state index contributed by atoms with van der Waals surface area (Å²) in [5.41, 5.74) is 0.193. The van der Waals surface area contributed by atoms with Crippen molar-refractivity contribution in [1.82, 2.24) is 4.98 Å². The fourth-order valence-corrected chi connectivity index (χ4v) is 1.72. The first-order valence-electron chi connectivity index (χ1n) is 5.10. The number of aromatic nitrogens is 1. The van der Waals surface area contributed by atoms with Gasteiger partial charge in [0, 0.05) is 19.8 Å². The maximum absolute atomic E-state index is 10.8. The Bertz CT molecular complexity index is 412. The molecule has 0 spiro atoms. The lowest BCUT2D eigenvalue weighted by Gasteiger charge is -2.20. The summed E-state index contributed by atoms with van der Waals surface area (Å²) in [6.45, 7) is 2.14. The summed E-state index contributed by atoms with van der Waals surface area (Å²) in [4.78, 5) is 15.7. The average Bonchev–Trinajstić information content (AvgIpc) is 2.25. The molecule has 0 bridgehead atoms. The summed E-state index contributed by atoms with van der Waals surface area (Å²) < 4.78 is 0. The smallest absolute Gasteiger partial charge is 0.312 e. The molecule has 0 aromatic carbocycles. The SMILES string of the molecule is CC(O)CCN(C)c1c(Cl)cncc1[N+](=O)[O-]. The number of hydrogen-bond donors (Lipinski definition) is 1. The molecule has 7 heteroatoms. The van der Waals surface area contributed by atoms with Crippen molar-refractivity contribution in [2.75, 3.05) is 18.5 Å². The zero-order valence-corrected chi connectivity index (χ0v) is 10.4. The van der Waals surface area contributed by atoms with E-state index < -0.39 is 11.0 Å². The lowest BCUT2D eigenvalue weighted by atomic mass is 10.2. The van der Waals surface area contributed by atoms with Crippen LogP contribution in [0.15, 0.2) is 12.4 Å². The number of anilines is 1. The van der Waals surface area contributed by atoms with Gasteiger partial charge in [0.05, 0.1) is 16.0 Å². The summed E-state index contributed by atoms with van der Waals surface area (Å²) in [5, 5.41) is 20.3. The predicted molar refractivity (Wildman–Crippen MR) is 65.5 cm³/mol. The molecule has 1 heterocycles. The van der Waals surface area contributed by atoms with Crippen molar-refractivity contribution in [3.8, 4) is 0 Å². The fourth-order valence-electron chi connectivity index (χ4n) is 1.42. The number of hydrogen-bond acceptors (Lipinski definition) is 5. The van der Waals surface area contributed by atoms with Crippen molar-refractivity contribution in [3.63, 3.8) is 0 Å². The number of nitrogens with zero attached hydrogens (tertiary/aromatic N) is 3. The average molecular weight is 260 g/mol. The number of rotatable bonds is 5. The van der Waals surface area contributed by atoms with E-state index in [1.807, 2.05) is 0 Å². The summed E-state index contributed by atoms with van der Waals surface area (Å²) in [6.07, 6.45) is 2.58. The highest BCUT2D eigenvalue weighted by molar-refractivity contribution is 6.33. The molecule has 6 nitrogen and oxygen atoms in total. The molecule has 0 amide bonds. The lowest BCUT2D eigenvalue weighted by molar-refractivity contribution is -0.384. The predicted octanol–water partition coefficient (Wildman–Crippen LogP) is 1.85. The Morgan fingerprint density at radius 2 is 2.29 bits per heavy atom. The van der Waals surface area contributed by atoms with E-state index in [0.29, 0.717) is 18.7 Å². The maximum Gasteiger partial charge on any atom is 0.312 e. The molecule has 0 aliphatic carbocycles. The van der Waals surface area contributed by atoms with Crippen LogP contribution in [0.3, 0.4) is 0 Å². The molecule has 94 valence electrons. The minimum absolute atomic E-state index is 0.134. The topological polar surface area (TPSA) is 79.5 Å². The highest BCUT2D eigenvalue weighted by atomic mass is 35.5. The number of aliphatic hydroxyl groups is 1. The molecule has 0 fully saturated rings. The molecule has 1 rings (SSSR count). The van der Waals surface area contributed by atoms with E-state index in [4.69, 9.17) is 11.6 Å². The van der Waals surface area contributed by atoms with Crippen LogP contribution < -0.4 is 4.90 Å². The summed E-state index contributed by atoms with van der Waals surface area (Å²) in [6, 6.07) is 0. The molecule has 17 heavy (non-hydrogen) atoms. The second-order valence-electron chi connectivity index (χ2n) is 3.81.